The third kappa shape index (κ3) is 5.05. The highest BCUT2D eigenvalue weighted by Crippen LogP contribution is 2.22. The lowest BCUT2D eigenvalue weighted by atomic mass is 9.93. The molecule has 3 rings (SSSR count). The number of rotatable bonds is 5. The summed E-state index contributed by atoms with van der Waals surface area (Å²) in [5, 5.41) is 0. The van der Waals surface area contributed by atoms with E-state index in [2.05, 4.69) is 9.88 Å². The molecule has 7 nitrogen and oxygen atoms in total. The lowest BCUT2D eigenvalue weighted by molar-refractivity contribution is -0.144. The van der Waals surface area contributed by atoms with Crippen molar-refractivity contribution >= 4 is 23.4 Å². The second kappa shape index (κ2) is 8.97. The zero-order chi connectivity index (χ0) is 19.2. The van der Waals surface area contributed by atoms with Crippen molar-refractivity contribution in [3.8, 4) is 0 Å². The van der Waals surface area contributed by atoms with Gasteiger partial charge in [-0.1, -0.05) is 6.07 Å². The third-order valence-corrected chi connectivity index (χ3v) is 5.48. The first-order chi connectivity index (χ1) is 13.0. The fraction of sp³-hybridized carbons (Fsp3) is 0.600. The molecule has 2 aliphatic rings. The number of piperidine rings is 1. The first kappa shape index (κ1) is 19.3. The molecule has 1 unspecified atom stereocenters. The van der Waals surface area contributed by atoms with Crippen molar-refractivity contribution in [2.24, 2.45) is 5.92 Å². The molecule has 7 heteroatoms. The van der Waals surface area contributed by atoms with Gasteiger partial charge < -0.3 is 14.7 Å². The van der Waals surface area contributed by atoms with Gasteiger partial charge in [0.05, 0.1) is 0 Å². The molecule has 0 aliphatic carbocycles. The van der Waals surface area contributed by atoms with E-state index < -0.39 is 11.7 Å². The molecule has 2 saturated heterocycles. The number of piperazine rings is 1. The van der Waals surface area contributed by atoms with Crippen LogP contribution in [0.4, 0.5) is 5.82 Å². The maximum atomic E-state index is 12.6. The van der Waals surface area contributed by atoms with E-state index in [4.69, 9.17) is 0 Å². The van der Waals surface area contributed by atoms with Crippen LogP contribution in [0.5, 0.6) is 0 Å². The summed E-state index contributed by atoms with van der Waals surface area (Å²) in [4.78, 5) is 45.9. The van der Waals surface area contributed by atoms with Crippen LogP contribution in [-0.4, -0.2) is 71.6 Å². The van der Waals surface area contributed by atoms with Gasteiger partial charge >= 0.3 is 0 Å². The van der Waals surface area contributed by atoms with Crippen molar-refractivity contribution in [1.82, 2.24) is 14.8 Å². The monoisotopic (exact) mass is 372 g/mol. The van der Waals surface area contributed by atoms with Gasteiger partial charge in [-0.05, 0) is 37.3 Å². The van der Waals surface area contributed by atoms with Gasteiger partial charge in [-0.2, -0.15) is 0 Å². The van der Waals surface area contributed by atoms with E-state index in [1.807, 2.05) is 23.1 Å². The van der Waals surface area contributed by atoms with Crippen molar-refractivity contribution in [1.29, 1.82) is 0 Å². The molecular weight excluding hydrogens is 344 g/mol. The van der Waals surface area contributed by atoms with Gasteiger partial charge in [0.2, 0.25) is 11.7 Å². The number of hydrogen-bond donors (Lipinski definition) is 0. The molecule has 1 aromatic rings. The van der Waals surface area contributed by atoms with E-state index in [0.717, 1.165) is 51.3 Å². The number of ketones is 1. The molecule has 1 atom stereocenters. The first-order valence-electron chi connectivity index (χ1n) is 9.78. The SMILES string of the molecule is CC(=O)C(=O)N1CCCC(CCC(=O)N2CCN(c3ccccn3)CC2)C1. The second-order valence-corrected chi connectivity index (χ2v) is 7.41. The van der Waals surface area contributed by atoms with E-state index in [1.165, 1.54) is 6.92 Å². The van der Waals surface area contributed by atoms with Gasteiger partial charge in [0.25, 0.3) is 5.91 Å². The number of pyridine rings is 1. The molecule has 3 heterocycles. The number of anilines is 1. The number of carbonyl (C=O) groups excluding carboxylic acids is 3. The zero-order valence-corrected chi connectivity index (χ0v) is 16.0. The third-order valence-electron chi connectivity index (χ3n) is 5.48. The molecule has 0 saturated carbocycles. The van der Waals surface area contributed by atoms with Gasteiger partial charge in [-0.3, -0.25) is 14.4 Å². The Labute approximate surface area is 160 Å². The second-order valence-electron chi connectivity index (χ2n) is 7.41. The highest BCUT2D eigenvalue weighted by molar-refractivity contribution is 6.35. The van der Waals surface area contributed by atoms with E-state index in [9.17, 15) is 14.4 Å². The van der Waals surface area contributed by atoms with Gasteiger partial charge in [0.1, 0.15) is 5.82 Å². The predicted octanol–water partition coefficient (Wildman–Crippen LogP) is 1.34. The van der Waals surface area contributed by atoms with E-state index >= 15 is 0 Å². The average molecular weight is 372 g/mol. The standard InChI is InChI=1S/C20H28N4O3/c1-16(25)20(27)24-10-4-5-17(15-24)7-8-19(26)23-13-11-22(12-14-23)18-6-2-3-9-21-18/h2-3,6,9,17H,4-5,7-8,10-15H2,1H3. The first-order valence-corrected chi connectivity index (χ1v) is 9.78. The van der Waals surface area contributed by atoms with E-state index in [-0.39, 0.29) is 5.91 Å². The van der Waals surface area contributed by atoms with Crippen LogP contribution in [0.2, 0.25) is 0 Å². The van der Waals surface area contributed by atoms with Crippen molar-refractivity contribution < 1.29 is 14.4 Å². The van der Waals surface area contributed by atoms with Gasteiger partial charge in [-0.25, -0.2) is 4.98 Å². The van der Waals surface area contributed by atoms with Crippen LogP contribution in [0.3, 0.4) is 0 Å². The number of Topliss-reactive ketones (excluding diaryl/α,β-unsaturated/α-hetero) is 1. The Kier molecular flexibility index (Phi) is 6.42. The minimum atomic E-state index is -0.405. The molecule has 2 amide bonds. The number of aromatic nitrogens is 1. The average Bonchev–Trinajstić information content (AvgIpc) is 2.72. The van der Waals surface area contributed by atoms with Gasteiger partial charge in [0.15, 0.2) is 0 Å². The molecule has 2 aliphatic heterocycles. The largest absolute Gasteiger partial charge is 0.353 e. The predicted molar refractivity (Wildman–Crippen MR) is 102 cm³/mol. The van der Waals surface area contributed by atoms with Crippen molar-refractivity contribution in [3.05, 3.63) is 24.4 Å². The minimum Gasteiger partial charge on any atom is -0.353 e. The summed E-state index contributed by atoms with van der Waals surface area (Å²) in [5.41, 5.74) is 0. The number of amides is 2. The maximum Gasteiger partial charge on any atom is 0.289 e. The summed E-state index contributed by atoms with van der Waals surface area (Å²) < 4.78 is 0. The number of carbonyl (C=O) groups is 3. The molecule has 146 valence electrons. The molecule has 0 spiro atoms. The van der Waals surface area contributed by atoms with Crippen LogP contribution >= 0.6 is 0 Å². The Morgan fingerprint density at radius 3 is 2.52 bits per heavy atom. The topological polar surface area (TPSA) is 73.8 Å². The van der Waals surface area contributed by atoms with Crippen molar-refractivity contribution in [2.45, 2.75) is 32.6 Å². The molecule has 1 aromatic heterocycles. The van der Waals surface area contributed by atoms with Crippen LogP contribution in [0.1, 0.15) is 32.6 Å². The summed E-state index contributed by atoms with van der Waals surface area (Å²) in [6.07, 6.45) is 5.00. The number of likely N-dealkylation sites (tertiary alicyclic amines) is 1. The Hall–Kier alpha value is -2.44. The summed E-state index contributed by atoms with van der Waals surface area (Å²) in [7, 11) is 0. The fourth-order valence-corrected chi connectivity index (χ4v) is 3.92. The fourth-order valence-electron chi connectivity index (χ4n) is 3.92. The molecule has 0 aromatic carbocycles. The Morgan fingerprint density at radius 1 is 1.07 bits per heavy atom. The van der Waals surface area contributed by atoms with Crippen molar-refractivity contribution in [2.75, 3.05) is 44.2 Å². The van der Waals surface area contributed by atoms with E-state index in [1.54, 1.807) is 11.1 Å². The van der Waals surface area contributed by atoms with Crippen molar-refractivity contribution in [3.63, 3.8) is 0 Å². The molecule has 2 fully saturated rings. The molecule has 0 N–H and O–H groups in total. The number of nitrogens with zero attached hydrogens (tertiary/aromatic N) is 4. The highest BCUT2D eigenvalue weighted by atomic mass is 16.2. The highest BCUT2D eigenvalue weighted by Gasteiger charge is 2.27. The molecule has 0 radical (unpaired) electrons. The summed E-state index contributed by atoms with van der Waals surface area (Å²) in [6.45, 7) is 5.60. The van der Waals surface area contributed by atoms with Crippen LogP contribution in [-0.2, 0) is 14.4 Å². The van der Waals surface area contributed by atoms with Crippen LogP contribution in [0, 0.1) is 5.92 Å². The summed E-state index contributed by atoms with van der Waals surface area (Å²) in [6, 6.07) is 5.87. The maximum absolute atomic E-state index is 12.6. The Bertz CT molecular complexity index is 671. The summed E-state index contributed by atoms with van der Waals surface area (Å²) >= 11 is 0. The van der Waals surface area contributed by atoms with Gasteiger partial charge in [-0.15, -0.1) is 0 Å². The van der Waals surface area contributed by atoms with Crippen LogP contribution in [0.25, 0.3) is 0 Å². The van der Waals surface area contributed by atoms with Gasteiger partial charge in [0, 0.05) is 58.8 Å². The summed E-state index contributed by atoms with van der Waals surface area (Å²) in [5.74, 6) is 0.655. The molecule has 27 heavy (non-hydrogen) atoms. The quantitative estimate of drug-likeness (QED) is 0.729. The smallest absolute Gasteiger partial charge is 0.289 e. The van der Waals surface area contributed by atoms with Crippen LogP contribution < -0.4 is 4.90 Å². The lowest BCUT2D eigenvalue weighted by Crippen LogP contribution is -2.49. The molecule has 0 bridgehead atoms. The van der Waals surface area contributed by atoms with Crippen LogP contribution in [0.15, 0.2) is 24.4 Å². The lowest BCUT2D eigenvalue weighted by Gasteiger charge is -2.36. The molecular formula is C20H28N4O3. The van der Waals surface area contributed by atoms with E-state index in [0.29, 0.717) is 25.4 Å². The normalized spacial score (nSPS) is 20.5. The Balaban J connectivity index is 1.42. The zero-order valence-electron chi connectivity index (χ0n) is 16.0. The Morgan fingerprint density at radius 2 is 1.85 bits per heavy atom. The number of hydrogen-bond acceptors (Lipinski definition) is 5. The minimum absolute atomic E-state index is 0.186.